The zero-order chi connectivity index (χ0) is 22.0. The lowest BCUT2D eigenvalue weighted by Gasteiger charge is -2.28. The minimum atomic E-state index is -1.16. The molecule has 3 aromatic heterocycles. The van der Waals surface area contributed by atoms with Gasteiger partial charge < -0.3 is 16.0 Å². The number of amides is 1. The van der Waals surface area contributed by atoms with Gasteiger partial charge in [-0.2, -0.15) is 0 Å². The molecule has 4 rings (SSSR count). The summed E-state index contributed by atoms with van der Waals surface area (Å²) >= 11 is 0. The average molecular weight is 432 g/mol. The molecule has 0 radical (unpaired) electrons. The predicted octanol–water partition coefficient (Wildman–Crippen LogP) is 2.93. The van der Waals surface area contributed by atoms with Crippen molar-refractivity contribution in [3.05, 3.63) is 47.8 Å². The SMILES string of the molecule is CCCNC(=O)c1ccn2c(-c3nc(N[C@H]4CNCC[C@@H]4F)c(F)cc3F)cnc2c1. The highest BCUT2D eigenvalue weighted by molar-refractivity contribution is 5.95. The van der Waals surface area contributed by atoms with E-state index >= 15 is 0 Å². The number of anilines is 1. The molecule has 0 spiro atoms. The molecule has 3 N–H and O–H groups in total. The molecule has 1 amide bonds. The Morgan fingerprint density at radius 1 is 1.32 bits per heavy atom. The van der Waals surface area contributed by atoms with Crippen LogP contribution in [0.1, 0.15) is 30.1 Å². The molecule has 0 aliphatic carbocycles. The van der Waals surface area contributed by atoms with Gasteiger partial charge in [-0.3, -0.25) is 9.20 Å². The molecular formula is C21H23F3N6O. The van der Waals surface area contributed by atoms with Crippen LogP contribution in [0.3, 0.4) is 0 Å². The Hall–Kier alpha value is -3.14. The van der Waals surface area contributed by atoms with Crippen LogP contribution in [-0.4, -0.2) is 52.1 Å². The summed E-state index contributed by atoms with van der Waals surface area (Å²) in [6.07, 6.45) is 2.93. The molecule has 1 aliphatic rings. The van der Waals surface area contributed by atoms with Crippen LogP contribution in [0.5, 0.6) is 0 Å². The van der Waals surface area contributed by atoms with Crippen molar-refractivity contribution < 1.29 is 18.0 Å². The zero-order valence-electron chi connectivity index (χ0n) is 17.0. The van der Waals surface area contributed by atoms with Gasteiger partial charge in [-0.15, -0.1) is 0 Å². The maximum absolute atomic E-state index is 14.6. The Bertz CT molecular complexity index is 1100. The van der Waals surface area contributed by atoms with Gasteiger partial charge in [0.1, 0.15) is 17.5 Å². The van der Waals surface area contributed by atoms with Crippen LogP contribution in [0.2, 0.25) is 0 Å². The lowest BCUT2D eigenvalue weighted by atomic mass is 10.1. The average Bonchev–Trinajstić information content (AvgIpc) is 3.18. The van der Waals surface area contributed by atoms with E-state index in [9.17, 15) is 18.0 Å². The summed E-state index contributed by atoms with van der Waals surface area (Å²) in [5, 5.41) is 8.57. The van der Waals surface area contributed by atoms with Crippen molar-refractivity contribution in [3.63, 3.8) is 0 Å². The van der Waals surface area contributed by atoms with E-state index in [1.165, 1.54) is 6.20 Å². The fourth-order valence-corrected chi connectivity index (χ4v) is 3.53. The third-order valence-electron chi connectivity index (χ3n) is 5.20. The minimum absolute atomic E-state index is 0.126. The van der Waals surface area contributed by atoms with Crippen LogP contribution >= 0.6 is 0 Å². The monoisotopic (exact) mass is 432 g/mol. The van der Waals surface area contributed by atoms with Crippen LogP contribution < -0.4 is 16.0 Å². The minimum Gasteiger partial charge on any atom is -0.361 e. The third-order valence-corrected chi connectivity index (χ3v) is 5.20. The van der Waals surface area contributed by atoms with Gasteiger partial charge in [0.25, 0.3) is 5.91 Å². The Morgan fingerprint density at radius 3 is 2.94 bits per heavy atom. The molecule has 0 aromatic carbocycles. The fraction of sp³-hybridized carbons (Fsp3) is 0.381. The number of pyridine rings is 2. The van der Waals surface area contributed by atoms with Crippen LogP contribution in [-0.2, 0) is 0 Å². The lowest BCUT2D eigenvalue weighted by Crippen LogP contribution is -2.46. The van der Waals surface area contributed by atoms with Crippen LogP contribution in [0.4, 0.5) is 19.0 Å². The van der Waals surface area contributed by atoms with Gasteiger partial charge in [0.05, 0.1) is 17.9 Å². The predicted molar refractivity (Wildman–Crippen MR) is 111 cm³/mol. The first kappa shape index (κ1) is 21.1. The standard InChI is InChI=1S/C21H23F3N6O/c1-2-5-26-21(31)12-4-7-30-17(11-27-18(30)8-12)19-14(23)9-15(24)20(29-19)28-16-10-25-6-3-13(16)22/h4,7-9,11,13,16,25H,2-3,5-6,10H2,1H3,(H,26,31)(H,28,29)/t13-,16-/m0/s1. The second-order valence-electron chi connectivity index (χ2n) is 7.45. The second kappa shape index (κ2) is 8.93. The summed E-state index contributed by atoms with van der Waals surface area (Å²) in [6.45, 7) is 3.37. The number of piperidine rings is 1. The highest BCUT2D eigenvalue weighted by Crippen LogP contribution is 2.27. The zero-order valence-corrected chi connectivity index (χ0v) is 17.0. The Balaban J connectivity index is 1.66. The summed E-state index contributed by atoms with van der Waals surface area (Å²) in [5.74, 6) is -2.22. The molecule has 0 saturated carbocycles. The van der Waals surface area contributed by atoms with E-state index < -0.39 is 23.8 Å². The largest absolute Gasteiger partial charge is 0.361 e. The highest BCUT2D eigenvalue weighted by Gasteiger charge is 2.26. The number of fused-ring (bicyclic) bond motifs is 1. The second-order valence-corrected chi connectivity index (χ2v) is 7.45. The van der Waals surface area contributed by atoms with Gasteiger partial charge in [0, 0.05) is 30.9 Å². The first-order chi connectivity index (χ1) is 15.0. The number of carbonyl (C=O) groups is 1. The Morgan fingerprint density at radius 2 is 2.16 bits per heavy atom. The summed E-state index contributed by atoms with van der Waals surface area (Å²) in [6, 6.07) is 3.22. The molecule has 0 bridgehead atoms. The molecular weight excluding hydrogens is 409 g/mol. The van der Waals surface area contributed by atoms with E-state index in [0.29, 0.717) is 37.3 Å². The van der Waals surface area contributed by atoms with Crippen molar-refractivity contribution in [2.45, 2.75) is 32.0 Å². The molecule has 3 aromatic rings. The molecule has 1 aliphatic heterocycles. The fourth-order valence-electron chi connectivity index (χ4n) is 3.53. The quantitative estimate of drug-likeness (QED) is 0.558. The van der Waals surface area contributed by atoms with Crippen LogP contribution in [0.25, 0.3) is 17.0 Å². The first-order valence-electron chi connectivity index (χ1n) is 10.2. The van der Waals surface area contributed by atoms with E-state index in [4.69, 9.17) is 0 Å². The van der Waals surface area contributed by atoms with Gasteiger partial charge in [0.15, 0.2) is 17.5 Å². The Kier molecular flexibility index (Phi) is 6.08. The van der Waals surface area contributed by atoms with E-state index in [1.807, 2.05) is 6.92 Å². The van der Waals surface area contributed by atoms with Gasteiger partial charge in [-0.25, -0.2) is 23.1 Å². The number of hydrogen-bond donors (Lipinski definition) is 3. The molecule has 1 saturated heterocycles. The van der Waals surface area contributed by atoms with E-state index in [-0.39, 0.29) is 23.1 Å². The molecule has 7 nitrogen and oxygen atoms in total. The smallest absolute Gasteiger partial charge is 0.251 e. The van der Waals surface area contributed by atoms with Gasteiger partial charge in [-0.05, 0) is 31.5 Å². The summed E-state index contributed by atoms with van der Waals surface area (Å²) in [4.78, 5) is 20.5. The maximum atomic E-state index is 14.6. The number of halogens is 3. The number of nitrogens with one attached hydrogen (secondary N) is 3. The number of alkyl halides is 1. The van der Waals surface area contributed by atoms with Crippen molar-refractivity contribution in [2.24, 2.45) is 0 Å². The number of aromatic nitrogens is 3. The first-order valence-corrected chi connectivity index (χ1v) is 10.2. The summed E-state index contributed by atoms with van der Waals surface area (Å²) < 4.78 is 44.6. The van der Waals surface area contributed by atoms with Gasteiger partial charge >= 0.3 is 0 Å². The van der Waals surface area contributed by atoms with Crippen molar-refractivity contribution >= 4 is 17.4 Å². The van der Waals surface area contributed by atoms with E-state index in [2.05, 4.69) is 25.9 Å². The highest BCUT2D eigenvalue weighted by atomic mass is 19.1. The van der Waals surface area contributed by atoms with Crippen molar-refractivity contribution in [1.82, 2.24) is 25.0 Å². The number of carbonyl (C=O) groups excluding carboxylic acids is 1. The number of imidazole rings is 1. The Labute approximate surface area is 177 Å². The molecule has 2 atom stereocenters. The van der Waals surface area contributed by atoms with Crippen molar-refractivity contribution in [2.75, 3.05) is 25.0 Å². The summed E-state index contributed by atoms with van der Waals surface area (Å²) in [5.41, 5.74) is 1.000. The molecule has 1 fully saturated rings. The third kappa shape index (κ3) is 4.34. The van der Waals surface area contributed by atoms with E-state index in [0.717, 1.165) is 12.5 Å². The number of rotatable bonds is 6. The molecule has 10 heteroatoms. The lowest BCUT2D eigenvalue weighted by molar-refractivity contribution is 0.0953. The number of hydrogen-bond acceptors (Lipinski definition) is 5. The molecule has 0 unspecified atom stereocenters. The van der Waals surface area contributed by atoms with Crippen molar-refractivity contribution in [1.29, 1.82) is 0 Å². The molecule has 31 heavy (non-hydrogen) atoms. The van der Waals surface area contributed by atoms with Gasteiger partial charge in [0.2, 0.25) is 0 Å². The topological polar surface area (TPSA) is 83.4 Å². The summed E-state index contributed by atoms with van der Waals surface area (Å²) in [7, 11) is 0. The van der Waals surface area contributed by atoms with Crippen LogP contribution in [0, 0.1) is 11.6 Å². The van der Waals surface area contributed by atoms with Gasteiger partial charge in [-0.1, -0.05) is 6.92 Å². The van der Waals surface area contributed by atoms with Crippen LogP contribution in [0.15, 0.2) is 30.6 Å². The maximum Gasteiger partial charge on any atom is 0.251 e. The van der Waals surface area contributed by atoms with Crippen molar-refractivity contribution in [3.8, 4) is 11.4 Å². The number of nitrogens with zero attached hydrogens (tertiary/aromatic N) is 3. The van der Waals surface area contributed by atoms with E-state index in [1.54, 1.807) is 22.7 Å². The molecule has 4 heterocycles. The normalized spacial score (nSPS) is 18.8. The molecule has 164 valence electrons.